The van der Waals surface area contributed by atoms with Crippen LogP contribution in [0.4, 0.5) is 0 Å². The minimum absolute atomic E-state index is 0.105. The van der Waals surface area contributed by atoms with E-state index in [1.54, 1.807) is 11.8 Å². The molecule has 0 radical (unpaired) electrons. The van der Waals surface area contributed by atoms with Crippen LogP contribution >= 0.6 is 0 Å². The average Bonchev–Trinajstić information content (AvgIpc) is 2.65. The Bertz CT molecular complexity index is 363. The number of carbonyl (C=O) groups excluding carboxylic acids is 1. The summed E-state index contributed by atoms with van der Waals surface area (Å²) in [5.41, 5.74) is 0.481. The van der Waals surface area contributed by atoms with Crippen molar-refractivity contribution in [1.29, 1.82) is 0 Å². The normalized spacial score (nSPS) is 20.7. The number of hydrogen-bond donors (Lipinski definition) is 1. The summed E-state index contributed by atoms with van der Waals surface area (Å²) in [7, 11) is 0. The van der Waals surface area contributed by atoms with Crippen molar-refractivity contribution in [3.8, 4) is 0 Å². The molecule has 15 heavy (non-hydrogen) atoms. The lowest BCUT2D eigenvalue weighted by Crippen LogP contribution is -2.29. The molecular formula is C10H13N3O2. The highest BCUT2D eigenvalue weighted by molar-refractivity contribution is 5.93. The van der Waals surface area contributed by atoms with E-state index in [-0.39, 0.29) is 12.0 Å². The average molecular weight is 207 g/mol. The molecule has 1 fully saturated rings. The number of aromatic nitrogens is 2. The first kappa shape index (κ1) is 10.0. The van der Waals surface area contributed by atoms with E-state index in [1.807, 2.05) is 0 Å². The van der Waals surface area contributed by atoms with Crippen LogP contribution in [0, 0.1) is 6.92 Å². The van der Waals surface area contributed by atoms with Crippen LogP contribution in [0.2, 0.25) is 0 Å². The van der Waals surface area contributed by atoms with Crippen LogP contribution in [0.1, 0.15) is 22.6 Å². The van der Waals surface area contributed by atoms with Gasteiger partial charge in [0.2, 0.25) is 0 Å². The highest BCUT2D eigenvalue weighted by Gasteiger charge is 2.25. The molecule has 1 aliphatic rings. The molecule has 1 amide bonds. The molecule has 0 unspecified atom stereocenters. The lowest BCUT2D eigenvalue weighted by Gasteiger charge is -2.14. The summed E-state index contributed by atoms with van der Waals surface area (Å²) in [6.45, 7) is 2.79. The number of nitrogens with zero attached hydrogens (tertiary/aromatic N) is 3. The van der Waals surface area contributed by atoms with Gasteiger partial charge in [-0.25, -0.2) is 9.97 Å². The standard InChI is InChI=1S/C10H13N3O2/c1-7-11-4-8(5-12-7)10(15)13-3-2-9(14)6-13/h4-5,9,14H,2-3,6H2,1H3/t9-/m1/s1. The highest BCUT2D eigenvalue weighted by atomic mass is 16.3. The van der Waals surface area contributed by atoms with Crippen molar-refractivity contribution in [1.82, 2.24) is 14.9 Å². The van der Waals surface area contributed by atoms with Gasteiger partial charge in [-0.15, -0.1) is 0 Å². The van der Waals surface area contributed by atoms with Crippen LogP contribution in [-0.2, 0) is 0 Å². The Morgan fingerprint density at radius 1 is 1.53 bits per heavy atom. The predicted molar refractivity (Wildman–Crippen MR) is 53.3 cm³/mol. The van der Waals surface area contributed by atoms with Crippen molar-refractivity contribution in [2.45, 2.75) is 19.4 Å². The molecule has 2 heterocycles. The highest BCUT2D eigenvalue weighted by Crippen LogP contribution is 2.12. The first-order chi connectivity index (χ1) is 7.16. The molecule has 1 N–H and O–H groups in total. The Labute approximate surface area is 87.8 Å². The Kier molecular flexibility index (Phi) is 2.64. The van der Waals surface area contributed by atoms with Gasteiger partial charge >= 0.3 is 0 Å². The van der Waals surface area contributed by atoms with Gasteiger partial charge < -0.3 is 10.0 Å². The SMILES string of the molecule is Cc1ncc(C(=O)N2CC[C@@H](O)C2)cn1. The fraction of sp³-hybridized carbons (Fsp3) is 0.500. The number of carbonyl (C=O) groups is 1. The lowest BCUT2D eigenvalue weighted by atomic mass is 10.3. The Hall–Kier alpha value is -1.49. The second-order valence-corrected chi connectivity index (χ2v) is 3.71. The third-order valence-corrected chi connectivity index (χ3v) is 2.48. The molecule has 1 aliphatic heterocycles. The summed E-state index contributed by atoms with van der Waals surface area (Å²) in [5.74, 6) is 0.541. The Balaban J connectivity index is 2.11. The van der Waals surface area contributed by atoms with Crippen molar-refractivity contribution < 1.29 is 9.90 Å². The molecule has 0 saturated carbocycles. The number of aryl methyl sites for hydroxylation is 1. The summed E-state index contributed by atoms with van der Waals surface area (Å²) in [5, 5.41) is 9.31. The Morgan fingerprint density at radius 2 is 2.20 bits per heavy atom. The monoisotopic (exact) mass is 207 g/mol. The fourth-order valence-corrected chi connectivity index (χ4v) is 1.61. The quantitative estimate of drug-likeness (QED) is 0.703. The molecular weight excluding hydrogens is 194 g/mol. The maximum Gasteiger partial charge on any atom is 0.257 e. The summed E-state index contributed by atoms with van der Waals surface area (Å²) in [4.78, 5) is 21.4. The van der Waals surface area contributed by atoms with Gasteiger partial charge in [-0.05, 0) is 13.3 Å². The van der Waals surface area contributed by atoms with E-state index in [4.69, 9.17) is 0 Å². The van der Waals surface area contributed by atoms with Gasteiger partial charge in [0.05, 0.1) is 11.7 Å². The smallest absolute Gasteiger partial charge is 0.257 e. The number of β-amino-alcohol motifs (C(OH)–C–C–N with tert-alkyl or cyclic N) is 1. The minimum atomic E-state index is -0.389. The van der Waals surface area contributed by atoms with Gasteiger partial charge in [-0.2, -0.15) is 0 Å². The van der Waals surface area contributed by atoms with E-state index < -0.39 is 0 Å². The number of aliphatic hydroxyl groups is 1. The molecule has 1 aromatic rings. The van der Waals surface area contributed by atoms with Gasteiger partial charge in [0.25, 0.3) is 5.91 Å². The molecule has 2 rings (SSSR count). The molecule has 0 aliphatic carbocycles. The van der Waals surface area contributed by atoms with Crippen molar-refractivity contribution >= 4 is 5.91 Å². The summed E-state index contributed by atoms with van der Waals surface area (Å²) < 4.78 is 0. The van der Waals surface area contributed by atoms with Crippen LogP contribution in [0.15, 0.2) is 12.4 Å². The van der Waals surface area contributed by atoms with E-state index in [1.165, 1.54) is 12.4 Å². The molecule has 1 saturated heterocycles. The van der Waals surface area contributed by atoms with Crippen molar-refractivity contribution in [2.75, 3.05) is 13.1 Å². The maximum absolute atomic E-state index is 11.8. The largest absolute Gasteiger partial charge is 0.391 e. The maximum atomic E-state index is 11.8. The van der Waals surface area contributed by atoms with Gasteiger partial charge in [-0.1, -0.05) is 0 Å². The van der Waals surface area contributed by atoms with Gasteiger partial charge in [0.1, 0.15) is 5.82 Å². The van der Waals surface area contributed by atoms with Gasteiger partial charge in [0, 0.05) is 25.5 Å². The molecule has 5 heteroatoms. The summed E-state index contributed by atoms with van der Waals surface area (Å²) in [6.07, 6.45) is 3.31. The van der Waals surface area contributed by atoms with E-state index in [0.29, 0.717) is 30.9 Å². The van der Waals surface area contributed by atoms with Crippen molar-refractivity contribution in [3.63, 3.8) is 0 Å². The van der Waals surface area contributed by atoms with E-state index in [9.17, 15) is 9.90 Å². The van der Waals surface area contributed by atoms with Gasteiger partial charge in [0.15, 0.2) is 0 Å². The van der Waals surface area contributed by atoms with Gasteiger partial charge in [-0.3, -0.25) is 4.79 Å². The number of aliphatic hydroxyl groups excluding tert-OH is 1. The van der Waals surface area contributed by atoms with E-state index >= 15 is 0 Å². The summed E-state index contributed by atoms with van der Waals surface area (Å²) in [6, 6.07) is 0. The minimum Gasteiger partial charge on any atom is -0.391 e. The topological polar surface area (TPSA) is 66.3 Å². The molecule has 0 spiro atoms. The third kappa shape index (κ3) is 2.12. The van der Waals surface area contributed by atoms with Crippen LogP contribution in [0.25, 0.3) is 0 Å². The second-order valence-electron chi connectivity index (χ2n) is 3.71. The molecule has 1 atom stereocenters. The van der Waals surface area contributed by atoms with Crippen molar-refractivity contribution in [2.24, 2.45) is 0 Å². The molecule has 80 valence electrons. The van der Waals surface area contributed by atoms with E-state index in [0.717, 1.165) is 0 Å². The van der Waals surface area contributed by atoms with Crippen LogP contribution in [-0.4, -0.2) is 45.1 Å². The second kappa shape index (κ2) is 3.94. The van der Waals surface area contributed by atoms with Crippen LogP contribution in [0.3, 0.4) is 0 Å². The van der Waals surface area contributed by atoms with E-state index in [2.05, 4.69) is 9.97 Å². The third-order valence-electron chi connectivity index (χ3n) is 2.48. The first-order valence-electron chi connectivity index (χ1n) is 4.93. The zero-order valence-corrected chi connectivity index (χ0v) is 8.55. The van der Waals surface area contributed by atoms with Crippen LogP contribution < -0.4 is 0 Å². The molecule has 0 aromatic carbocycles. The summed E-state index contributed by atoms with van der Waals surface area (Å²) >= 11 is 0. The molecule has 0 bridgehead atoms. The fourth-order valence-electron chi connectivity index (χ4n) is 1.61. The number of hydrogen-bond acceptors (Lipinski definition) is 4. The molecule has 5 nitrogen and oxygen atoms in total. The number of rotatable bonds is 1. The Morgan fingerprint density at radius 3 is 2.73 bits per heavy atom. The number of amides is 1. The van der Waals surface area contributed by atoms with Crippen LogP contribution in [0.5, 0.6) is 0 Å². The zero-order chi connectivity index (χ0) is 10.8. The zero-order valence-electron chi connectivity index (χ0n) is 8.55. The lowest BCUT2D eigenvalue weighted by molar-refractivity contribution is 0.0764. The molecule has 1 aromatic heterocycles. The number of likely N-dealkylation sites (tertiary alicyclic amines) is 1. The van der Waals surface area contributed by atoms with Crippen molar-refractivity contribution in [3.05, 3.63) is 23.8 Å². The predicted octanol–water partition coefficient (Wildman–Crippen LogP) is -0.00818. The first-order valence-corrected chi connectivity index (χ1v) is 4.93.